The van der Waals surface area contributed by atoms with Crippen LogP contribution in [0.3, 0.4) is 0 Å². The average Bonchev–Trinajstić information content (AvgIpc) is 3.18. The van der Waals surface area contributed by atoms with E-state index in [0.717, 1.165) is 28.2 Å². The van der Waals surface area contributed by atoms with Gasteiger partial charge in [0.25, 0.3) is 0 Å². The van der Waals surface area contributed by atoms with E-state index in [9.17, 15) is 0 Å². The summed E-state index contributed by atoms with van der Waals surface area (Å²) in [7, 11) is 0. The van der Waals surface area contributed by atoms with Gasteiger partial charge in [0, 0.05) is 17.1 Å². The van der Waals surface area contributed by atoms with Gasteiger partial charge < -0.3 is 4.90 Å². The Morgan fingerprint density at radius 3 is 1.08 bits per heavy atom. The fraction of sp³-hybridized carbons (Fsp3) is 0.0980. The Kier molecular flexibility index (Phi) is 10.1. The van der Waals surface area contributed by atoms with Crippen molar-refractivity contribution in [2.24, 2.45) is 0 Å². The van der Waals surface area contributed by atoms with Crippen LogP contribution in [0.4, 0.5) is 17.1 Å². The smallest absolute Gasteiger partial charge is 0.0462 e. The van der Waals surface area contributed by atoms with Crippen LogP contribution in [0.25, 0.3) is 23.3 Å². The molecule has 0 atom stereocenters. The molecule has 0 aromatic heterocycles. The average molecular weight is 672 g/mol. The third-order valence-electron chi connectivity index (χ3n) is 10.0. The van der Waals surface area contributed by atoms with Crippen molar-refractivity contribution in [3.63, 3.8) is 0 Å². The van der Waals surface area contributed by atoms with Crippen LogP contribution < -0.4 is 4.90 Å². The zero-order valence-corrected chi connectivity index (χ0v) is 30.8. The lowest BCUT2D eigenvalue weighted by atomic mass is 9.93. The molecule has 0 aliphatic carbocycles. The number of hydrogen-bond donors (Lipinski definition) is 0. The Labute approximate surface area is 309 Å². The van der Waals surface area contributed by atoms with Crippen LogP contribution in [0.5, 0.6) is 0 Å². The van der Waals surface area contributed by atoms with Gasteiger partial charge in [0.1, 0.15) is 0 Å². The Bertz CT molecular complexity index is 2190. The summed E-state index contributed by atoms with van der Waals surface area (Å²) in [5, 5.41) is 0. The summed E-state index contributed by atoms with van der Waals surface area (Å²) in [5.74, 6) is 0. The summed E-state index contributed by atoms with van der Waals surface area (Å²) in [4.78, 5) is 2.34. The summed E-state index contributed by atoms with van der Waals surface area (Å²) < 4.78 is 0. The van der Waals surface area contributed by atoms with Crippen LogP contribution in [0.1, 0.15) is 61.2 Å². The van der Waals surface area contributed by atoms with Gasteiger partial charge in [-0.1, -0.05) is 139 Å². The molecular formula is C51H45N. The van der Waals surface area contributed by atoms with Crippen molar-refractivity contribution in [1.82, 2.24) is 0 Å². The minimum atomic E-state index is 1.11. The largest absolute Gasteiger partial charge is 0.311 e. The molecule has 0 saturated heterocycles. The summed E-state index contributed by atoms with van der Waals surface area (Å²) in [6.07, 6.45) is 4.61. The lowest BCUT2D eigenvalue weighted by Crippen LogP contribution is -2.09. The van der Waals surface area contributed by atoms with E-state index in [4.69, 9.17) is 0 Å². The lowest BCUT2D eigenvalue weighted by molar-refractivity contribution is 1.27. The van der Waals surface area contributed by atoms with Crippen LogP contribution in [-0.2, 0) is 0 Å². The predicted octanol–water partition coefficient (Wildman–Crippen LogP) is 13.9. The van der Waals surface area contributed by atoms with Gasteiger partial charge in [0.05, 0.1) is 0 Å². The van der Waals surface area contributed by atoms with Gasteiger partial charge in [0.15, 0.2) is 0 Å². The maximum atomic E-state index is 2.34. The molecule has 0 radical (unpaired) electrons. The van der Waals surface area contributed by atoms with Crippen LogP contribution in [-0.4, -0.2) is 0 Å². The van der Waals surface area contributed by atoms with E-state index in [1.807, 2.05) is 0 Å². The van der Waals surface area contributed by atoms with Crippen molar-refractivity contribution in [3.8, 4) is 0 Å². The second kappa shape index (κ2) is 15.4. The molecular weight excluding hydrogens is 627 g/mol. The first kappa shape index (κ1) is 34.3. The Morgan fingerprint density at radius 1 is 0.346 bits per heavy atom. The topological polar surface area (TPSA) is 3.24 Å². The molecule has 0 bridgehead atoms. The van der Waals surface area contributed by atoms with Gasteiger partial charge in [-0.2, -0.15) is 0 Å². The van der Waals surface area contributed by atoms with E-state index in [0.29, 0.717) is 0 Å². The molecule has 1 heteroatoms. The molecule has 0 N–H and O–H groups in total. The third kappa shape index (κ3) is 7.75. The first-order chi connectivity index (χ1) is 25.3. The highest BCUT2D eigenvalue weighted by Gasteiger charge is 2.14. The van der Waals surface area contributed by atoms with Crippen LogP contribution >= 0.6 is 0 Å². The molecule has 7 aromatic carbocycles. The first-order valence-corrected chi connectivity index (χ1v) is 18.1. The van der Waals surface area contributed by atoms with E-state index in [-0.39, 0.29) is 0 Å². The molecule has 0 aliphatic rings. The van der Waals surface area contributed by atoms with Crippen molar-refractivity contribution in [1.29, 1.82) is 0 Å². The maximum Gasteiger partial charge on any atom is 0.0462 e. The number of nitrogens with zero attached hydrogens (tertiary/aromatic N) is 1. The van der Waals surface area contributed by atoms with Gasteiger partial charge in [0.2, 0.25) is 0 Å². The SMILES string of the molecule is Cc1ccc(N(c2ccc(C=C(c3ccccc3)c3ccc(C)c(C)c3)cc2)c2ccc(C=C(c3ccccc3)c3ccc(C)c(C)c3)cc2)cc1. The van der Waals surface area contributed by atoms with Crippen molar-refractivity contribution in [2.75, 3.05) is 4.90 Å². The molecule has 254 valence electrons. The highest BCUT2D eigenvalue weighted by atomic mass is 15.1. The third-order valence-corrected chi connectivity index (χ3v) is 10.0. The van der Waals surface area contributed by atoms with Gasteiger partial charge in [-0.25, -0.2) is 0 Å². The molecule has 0 spiro atoms. The Hall–Kier alpha value is -6.18. The molecule has 1 nitrogen and oxygen atoms in total. The molecule has 7 aromatic rings. The van der Waals surface area contributed by atoms with Crippen LogP contribution in [0, 0.1) is 34.6 Å². The minimum Gasteiger partial charge on any atom is -0.311 e. The molecule has 0 amide bonds. The van der Waals surface area contributed by atoms with Crippen molar-refractivity contribution in [2.45, 2.75) is 34.6 Å². The Balaban J connectivity index is 1.26. The maximum absolute atomic E-state index is 2.34. The quantitative estimate of drug-likeness (QED) is 0.138. The standard InChI is InChI=1S/C51H45N/c1-36-16-26-47(27-17-36)52(48-28-20-41(21-29-48)34-50(43-12-8-6-9-13-43)45-24-18-37(2)39(4)32-45)49-30-22-42(23-31-49)35-51(44-14-10-7-11-15-44)46-25-19-38(3)40(5)33-46/h6-35H,1-5H3. The van der Waals surface area contributed by atoms with Gasteiger partial charge in [-0.3, -0.25) is 0 Å². The molecule has 0 saturated carbocycles. The lowest BCUT2D eigenvalue weighted by Gasteiger charge is -2.26. The van der Waals surface area contributed by atoms with Crippen LogP contribution in [0.2, 0.25) is 0 Å². The summed E-state index contributed by atoms with van der Waals surface area (Å²) in [6.45, 7) is 10.8. The number of anilines is 3. The molecule has 7 rings (SSSR count). The normalized spacial score (nSPS) is 11.8. The Morgan fingerprint density at radius 2 is 0.712 bits per heavy atom. The van der Waals surface area contributed by atoms with Crippen LogP contribution in [0.15, 0.2) is 170 Å². The highest BCUT2D eigenvalue weighted by molar-refractivity contribution is 5.93. The van der Waals surface area contributed by atoms with Gasteiger partial charge in [-0.05, 0) is 150 Å². The zero-order chi connectivity index (χ0) is 36.0. The first-order valence-electron chi connectivity index (χ1n) is 18.1. The fourth-order valence-electron chi connectivity index (χ4n) is 6.63. The summed E-state index contributed by atoms with van der Waals surface area (Å²) >= 11 is 0. The summed E-state index contributed by atoms with van der Waals surface area (Å²) in [5.41, 5.74) is 19.4. The van der Waals surface area contributed by atoms with Gasteiger partial charge >= 0.3 is 0 Å². The van der Waals surface area contributed by atoms with E-state index < -0.39 is 0 Å². The number of hydrogen-bond acceptors (Lipinski definition) is 1. The molecule has 0 fully saturated rings. The van der Waals surface area contributed by atoms with Gasteiger partial charge in [-0.15, -0.1) is 0 Å². The second-order valence-corrected chi connectivity index (χ2v) is 13.8. The molecule has 0 unspecified atom stereocenters. The number of aryl methyl sites for hydroxylation is 5. The number of benzene rings is 7. The summed E-state index contributed by atoms with van der Waals surface area (Å²) in [6, 6.07) is 61.5. The molecule has 0 heterocycles. The molecule has 52 heavy (non-hydrogen) atoms. The number of rotatable bonds is 9. The van der Waals surface area contributed by atoms with E-state index in [2.05, 4.69) is 222 Å². The van der Waals surface area contributed by atoms with E-state index in [1.165, 1.54) is 61.2 Å². The van der Waals surface area contributed by atoms with E-state index in [1.54, 1.807) is 0 Å². The van der Waals surface area contributed by atoms with Crippen molar-refractivity contribution < 1.29 is 0 Å². The molecule has 0 aliphatic heterocycles. The predicted molar refractivity (Wildman–Crippen MR) is 225 cm³/mol. The second-order valence-electron chi connectivity index (χ2n) is 13.8. The highest BCUT2D eigenvalue weighted by Crippen LogP contribution is 2.36. The zero-order valence-electron chi connectivity index (χ0n) is 30.8. The monoisotopic (exact) mass is 671 g/mol. The van der Waals surface area contributed by atoms with Crippen molar-refractivity contribution >= 4 is 40.4 Å². The minimum absolute atomic E-state index is 1.11. The van der Waals surface area contributed by atoms with Crippen molar-refractivity contribution in [3.05, 3.63) is 231 Å². The van der Waals surface area contributed by atoms with E-state index >= 15 is 0 Å². The fourth-order valence-corrected chi connectivity index (χ4v) is 6.63.